The second-order valence-corrected chi connectivity index (χ2v) is 12.2. The van der Waals surface area contributed by atoms with Gasteiger partial charge in [0.25, 0.3) is 0 Å². The summed E-state index contributed by atoms with van der Waals surface area (Å²) in [6.07, 6.45) is 9.51. The van der Waals surface area contributed by atoms with E-state index < -0.39 is 30.1 Å². The Labute approximate surface area is 238 Å². The van der Waals surface area contributed by atoms with Crippen molar-refractivity contribution in [3.63, 3.8) is 0 Å². The van der Waals surface area contributed by atoms with Gasteiger partial charge in [0.05, 0.1) is 30.0 Å². The topological polar surface area (TPSA) is 105 Å². The molecular formula is C33H46O7. The number of aryl methyl sites for hydroxylation is 1. The molecule has 0 radical (unpaired) electrons. The summed E-state index contributed by atoms with van der Waals surface area (Å²) in [6.45, 7) is 11.9. The molecule has 7 heteroatoms. The second kappa shape index (κ2) is 12.6. The lowest BCUT2D eigenvalue weighted by molar-refractivity contribution is -0.353. The third kappa shape index (κ3) is 6.71. The number of aliphatic hydroxyl groups excluding tert-OH is 2. The summed E-state index contributed by atoms with van der Waals surface area (Å²) >= 11 is 0. The Morgan fingerprint density at radius 2 is 1.82 bits per heavy atom. The van der Waals surface area contributed by atoms with E-state index in [1.807, 2.05) is 39.0 Å². The quantitative estimate of drug-likeness (QED) is 0.311. The molecule has 4 rings (SSSR count). The van der Waals surface area contributed by atoms with E-state index in [-0.39, 0.29) is 35.7 Å². The van der Waals surface area contributed by atoms with Gasteiger partial charge in [-0.1, -0.05) is 64.5 Å². The van der Waals surface area contributed by atoms with E-state index >= 15 is 0 Å². The Kier molecular flexibility index (Phi) is 9.61. The molecule has 7 nitrogen and oxygen atoms in total. The monoisotopic (exact) mass is 554 g/mol. The Morgan fingerprint density at radius 3 is 2.55 bits per heavy atom. The van der Waals surface area contributed by atoms with Crippen LogP contribution in [0.3, 0.4) is 0 Å². The molecule has 3 aliphatic heterocycles. The average molecular weight is 555 g/mol. The van der Waals surface area contributed by atoms with Crippen molar-refractivity contribution in [3.05, 3.63) is 58.7 Å². The van der Waals surface area contributed by atoms with E-state index in [1.54, 1.807) is 31.2 Å². The smallest absolute Gasteiger partial charge is 0.339 e. The van der Waals surface area contributed by atoms with E-state index in [4.69, 9.17) is 14.2 Å². The van der Waals surface area contributed by atoms with Gasteiger partial charge in [-0.05, 0) is 55.0 Å². The van der Waals surface area contributed by atoms with E-state index in [0.717, 1.165) is 12.0 Å². The zero-order valence-electron chi connectivity index (χ0n) is 24.7. The molecule has 9 atom stereocenters. The molecule has 1 aromatic carbocycles. The minimum Gasteiger partial charge on any atom is -0.508 e. The first-order valence-corrected chi connectivity index (χ1v) is 14.7. The van der Waals surface area contributed by atoms with Gasteiger partial charge in [-0.15, -0.1) is 0 Å². The Hall–Kier alpha value is -2.45. The van der Waals surface area contributed by atoms with Gasteiger partial charge in [-0.2, -0.15) is 0 Å². The number of rotatable bonds is 2. The highest BCUT2D eigenvalue weighted by molar-refractivity contribution is 5.94. The number of esters is 1. The van der Waals surface area contributed by atoms with E-state index in [0.29, 0.717) is 42.4 Å². The maximum Gasteiger partial charge on any atom is 0.339 e. The first-order chi connectivity index (χ1) is 18.9. The van der Waals surface area contributed by atoms with Crippen molar-refractivity contribution in [2.75, 3.05) is 0 Å². The van der Waals surface area contributed by atoms with Gasteiger partial charge in [0.1, 0.15) is 11.9 Å². The molecule has 1 aromatic rings. The molecule has 0 aromatic heterocycles. The fourth-order valence-electron chi connectivity index (χ4n) is 6.16. The molecule has 0 saturated carbocycles. The first kappa shape index (κ1) is 30.5. The van der Waals surface area contributed by atoms with Gasteiger partial charge in [0, 0.05) is 31.1 Å². The van der Waals surface area contributed by atoms with Gasteiger partial charge >= 0.3 is 5.97 Å². The molecule has 2 saturated heterocycles. The number of phenols is 1. The number of hydrogen-bond donors (Lipinski definition) is 3. The molecule has 2 bridgehead atoms. The lowest BCUT2D eigenvalue weighted by Crippen LogP contribution is -2.59. The SMILES string of the molecule is CCC(C)C1OC2(CC3CC(CC=C(C)C(O)C(C)C=CC=Cc4cc(O)c(C)cc4C(=O)O3)O2)CC(O)C1C. The fourth-order valence-corrected chi connectivity index (χ4v) is 6.16. The molecule has 40 heavy (non-hydrogen) atoms. The Balaban J connectivity index is 1.73. The summed E-state index contributed by atoms with van der Waals surface area (Å²) < 4.78 is 19.5. The largest absolute Gasteiger partial charge is 0.508 e. The summed E-state index contributed by atoms with van der Waals surface area (Å²) in [6, 6.07) is 3.22. The number of aromatic hydroxyl groups is 1. The number of fused-ring (bicyclic) bond motifs is 3. The Morgan fingerprint density at radius 1 is 1.07 bits per heavy atom. The standard InChI is InChI=1S/C33H46O7/c1-7-19(2)31-23(6)29(35)18-33(40-31)17-26-16-25(39-33)13-12-21(4)30(36)20(3)10-8-9-11-24-15-28(34)22(5)14-27(24)32(37)38-26/h8-12,14-15,19-20,23,25-26,29-31,34-36H,7,13,16-18H2,1-6H3. The van der Waals surface area contributed by atoms with E-state index in [2.05, 4.69) is 13.8 Å². The van der Waals surface area contributed by atoms with Crippen molar-refractivity contribution in [1.29, 1.82) is 0 Å². The molecule has 0 amide bonds. The number of aliphatic hydroxyl groups is 2. The number of carbonyl (C=O) groups is 1. The predicted molar refractivity (Wildman–Crippen MR) is 155 cm³/mol. The number of phenolic OH excluding ortho intramolecular Hbond substituents is 1. The van der Waals surface area contributed by atoms with Gasteiger partial charge in [-0.3, -0.25) is 0 Å². The summed E-state index contributed by atoms with van der Waals surface area (Å²) in [5.74, 6) is -1.41. The number of carbonyl (C=O) groups excluding carboxylic acids is 1. The van der Waals surface area contributed by atoms with E-state index in [9.17, 15) is 20.1 Å². The van der Waals surface area contributed by atoms with Crippen LogP contribution in [0.15, 0.2) is 42.0 Å². The van der Waals surface area contributed by atoms with Crippen LogP contribution in [-0.4, -0.2) is 57.6 Å². The van der Waals surface area contributed by atoms with Gasteiger partial charge < -0.3 is 29.5 Å². The summed E-state index contributed by atoms with van der Waals surface area (Å²) in [5.41, 5.74) is 2.33. The van der Waals surface area contributed by atoms with Crippen molar-refractivity contribution in [1.82, 2.24) is 0 Å². The van der Waals surface area contributed by atoms with Crippen LogP contribution in [0.25, 0.3) is 6.08 Å². The minimum atomic E-state index is -1.08. The average Bonchev–Trinajstić information content (AvgIpc) is 2.91. The van der Waals surface area contributed by atoms with Crippen molar-refractivity contribution >= 4 is 12.0 Å². The highest BCUT2D eigenvalue weighted by Gasteiger charge is 2.52. The minimum absolute atomic E-state index is 0.0442. The van der Waals surface area contributed by atoms with E-state index in [1.165, 1.54) is 0 Å². The Bertz CT molecular complexity index is 1150. The predicted octanol–water partition coefficient (Wildman–Crippen LogP) is 5.85. The molecule has 9 unspecified atom stereocenters. The molecule has 0 aliphatic carbocycles. The van der Waals surface area contributed by atoms with Gasteiger partial charge in [-0.25, -0.2) is 4.79 Å². The molecule has 3 heterocycles. The molecule has 3 aliphatic rings. The zero-order chi connectivity index (χ0) is 29.2. The molecule has 1 spiro atoms. The van der Waals surface area contributed by atoms with Crippen LogP contribution >= 0.6 is 0 Å². The van der Waals surface area contributed by atoms with Crippen LogP contribution in [0, 0.1) is 24.7 Å². The van der Waals surface area contributed by atoms with Crippen molar-refractivity contribution < 1.29 is 34.3 Å². The normalized spacial score (nSPS) is 36.0. The van der Waals surface area contributed by atoms with Gasteiger partial charge in [0.2, 0.25) is 0 Å². The van der Waals surface area contributed by atoms with Crippen molar-refractivity contribution in [3.8, 4) is 5.75 Å². The maximum absolute atomic E-state index is 13.6. The summed E-state index contributed by atoms with van der Waals surface area (Å²) in [4.78, 5) is 13.6. The van der Waals surface area contributed by atoms with Gasteiger partial charge in [0.15, 0.2) is 5.79 Å². The summed E-state index contributed by atoms with van der Waals surface area (Å²) in [5, 5.41) is 32.4. The van der Waals surface area contributed by atoms with Crippen LogP contribution in [-0.2, 0) is 14.2 Å². The highest BCUT2D eigenvalue weighted by atomic mass is 16.7. The molecule has 220 valence electrons. The van der Waals surface area contributed by atoms with Crippen molar-refractivity contribution in [2.45, 2.75) is 110 Å². The van der Waals surface area contributed by atoms with Crippen molar-refractivity contribution in [2.24, 2.45) is 17.8 Å². The third-order valence-corrected chi connectivity index (χ3v) is 8.98. The molecule has 3 N–H and O–H groups in total. The number of hydrogen-bond acceptors (Lipinski definition) is 7. The number of benzene rings is 1. The summed E-state index contributed by atoms with van der Waals surface area (Å²) in [7, 11) is 0. The number of ether oxygens (including phenoxy) is 3. The highest BCUT2D eigenvalue weighted by Crippen LogP contribution is 2.45. The third-order valence-electron chi connectivity index (χ3n) is 8.98. The number of allylic oxidation sites excluding steroid dienone is 2. The first-order valence-electron chi connectivity index (χ1n) is 14.7. The second-order valence-electron chi connectivity index (χ2n) is 12.2. The molecule has 2 fully saturated rings. The fraction of sp³-hybridized carbons (Fsp3) is 0.606. The maximum atomic E-state index is 13.6. The van der Waals surface area contributed by atoms with Crippen LogP contribution in [0.4, 0.5) is 0 Å². The molecular weight excluding hydrogens is 508 g/mol. The zero-order valence-corrected chi connectivity index (χ0v) is 24.7. The van der Waals surface area contributed by atoms with Crippen LogP contribution in [0.2, 0.25) is 0 Å². The van der Waals surface area contributed by atoms with Crippen LogP contribution in [0.5, 0.6) is 5.75 Å². The lowest BCUT2D eigenvalue weighted by atomic mass is 9.79. The van der Waals surface area contributed by atoms with Crippen LogP contribution < -0.4 is 0 Å². The van der Waals surface area contributed by atoms with Crippen LogP contribution in [0.1, 0.15) is 88.2 Å². The lowest BCUT2D eigenvalue weighted by Gasteiger charge is -2.52.